The summed E-state index contributed by atoms with van der Waals surface area (Å²) in [6.07, 6.45) is 2.64. The number of anilines is 1. The highest BCUT2D eigenvalue weighted by Crippen LogP contribution is 2.34. The van der Waals surface area contributed by atoms with Gasteiger partial charge in [-0.3, -0.25) is 0 Å². The summed E-state index contributed by atoms with van der Waals surface area (Å²) in [4.78, 5) is -0.367. The van der Waals surface area contributed by atoms with Gasteiger partial charge in [-0.2, -0.15) is 11.8 Å². The molecule has 0 saturated heterocycles. The maximum atomic E-state index is 12.0. The van der Waals surface area contributed by atoms with E-state index in [4.69, 9.17) is 17.3 Å². The van der Waals surface area contributed by atoms with E-state index in [2.05, 4.69) is 4.72 Å². The number of rotatable bonds is 6. The highest BCUT2D eigenvalue weighted by Gasteiger charge is 2.23. The molecule has 0 spiro atoms. The molecule has 4 N–H and O–H groups in total. The van der Waals surface area contributed by atoms with Gasteiger partial charge in [0.1, 0.15) is 4.90 Å². The molecule has 18 heavy (non-hydrogen) atoms. The van der Waals surface area contributed by atoms with Crippen molar-refractivity contribution in [3.05, 3.63) is 17.2 Å². The van der Waals surface area contributed by atoms with Crippen LogP contribution in [0.1, 0.15) is 6.42 Å². The SMILES string of the molecule is CSCCCNS(=O)(=O)c1c(Cl)ccc(N)c1O. The van der Waals surface area contributed by atoms with Gasteiger partial charge in [0.2, 0.25) is 10.0 Å². The third-order valence-corrected chi connectivity index (χ3v) is 4.86. The van der Waals surface area contributed by atoms with Gasteiger partial charge in [0, 0.05) is 6.54 Å². The number of benzene rings is 1. The molecule has 102 valence electrons. The van der Waals surface area contributed by atoms with Crippen LogP contribution in [0.3, 0.4) is 0 Å². The number of nitrogens with one attached hydrogen (secondary N) is 1. The van der Waals surface area contributed by atoms with Crippen molar-refractivity contribution in [1.82, 2.24) is 4.72 Å². The van der Waals surface area contributed by atoms with Crippen molar-refractivity contribution in [3.63, 3.8) is 0 Å². The molecule has 0 aromatic heterocycles. The highest BCUT2D eigenvalue weighted by atomic mass is 35.5. The lowest BCUT2D eigenvalue weighted by molar-refractivity contribution is 0.461. The van der Waals surface area contributed by atoms with E-state index >= 15 is 0 Å². The molecule has 0 saturated carbocycles. The predicted octanol–water partition coefficient (Wildman–Crippen LogP) is 1.66. The summed E-state index contributed by atoms with van der Waals surface area (Å²) in [5.74, 6) is 0.332. The first-order valence-corrected chi connectivity index (χ1v) is 8.41. The van der Waals surface area contributed by atoms with Crippen LogP contribution in [0.2, 0.25) is 5.02 Å². The van der Waals surface area contributed by atoms with E-state index in [0.29, 0.717) is 6.42 Å². The third-order valence-electron chi connectivity index (χ3n) is 2.20. The number of halogens is 1. The normalized spacial score (nSPS) is 11.7. The number of aromatic hydroxyl groups is 1. The number of nitrogen functional groups attached to an aromatic ring is 1. The quantitative estimate of drug-likeness (QED) is 0.422. The maximum Gasteiger partial charge on any atom is 0.245 e. The Bertz CT molecular complexity index is 520. The Hall–Kier alpha value is -0.630. The van der Waals surface area contributed by atoms with Crippen LogP contribution >= 0.6 is 23.4 Å². The number of hydrogen-bond acceptors (Lipinski definition) is 5. The van der Waals surface area contributed by atoms with Crippen molar-refractivity contribution in [2.75, 3.05) is 24.3 Å². The van der Waals surface area contributed by atoms with Gasteiger partial charge < -0.3 is 10.8 Å². The van der Waals surface area contributed by atoms with Crippen molar-refractivity contribution in [3.8, 4) is 5.75 Å². The molecule has 0 fully saturated rings. The van der Waals surface area contributed by atoms with Crippen LogP contribution in [0.4, 0.5) is 5.69 Å². The van der Waals surface area contributed by atoms with Gasteiger partial charge in [-0.25, -0.2) is 13.1 Å². The molecule has 1 aromatic carbocycles. The van der Waals surface area contributed by atoms with Crippen LogP contribution in [0.15, 0.2) is 17.0 Å². The van der Waals surface area contributed by atoms with Crippen LogP contribution in [0, 0.1) is 0 Å². The second-order valence-electron chi connectivity index (χ2n) is 3.56. The summed E-state index contributed by atoms with van der Waals surface area (Å²) in [5, 5.41) is 9.63. The molecule has 0 radical (unpaired) electrons. The summed E-state index contributed by atoms with van der Waals surface area (Å²) >= 11 is 7.41. The van der Waals surface area contributed by atoms with Crippen molar-refractivity contribution in [2.24, 2.45) is 0 Å². The van der Waals surface area contributed by atoms with Crippen molar-refractivity contribution >= 4 is 39.1 Å². The van der Waals surface area contributed by atoms with E-state index in [1.165, 1.54) is 12.1 Å². The number of phenols is 1. The van der Waals surface area contributed by atoms with E-state index in [1.807, 2.05) is 6.26 Å². The molecule has 0 atom stereocenters. The fraction of sp³-hybridized carbons (Fsp3) is 0.400. The molecule has 0 aliphatic heterocycles. The number of nitrogens with two attached hydrogens (primary N) is 1. The van der Waals surface area contributed by atoms with E-state index in [-0.39, 0.29) is 22.2 Å². The van der Waals surface area contributed by atoms with Crippen LogP contribution in [0.5, 0.6) is 5.75 Å². The Morgan fingerprint density at radius 3 is 2.78 bits per heavy atom. The lowest BCUT2D eigenvalue weighted by Gasteiger charge is -2.11. The number of thioether (sulfide) groups is 1. The topological polar surface area (TPSA) is 92.4 Å². The Labute approximate surface area is 116 Å². The van der Waals surface area contributed by atoms with Gasteiger partial charge in [0.25, 0.3) is 0 Å². The van der Waals surface area contributed by atoms with E-state index < -0.39 is 15.8 Å². The van der Waals surface area contributed by atoms with Gasteiger partial charge in [-0.05, 0) is 30.6 Å². The third kappa shape index (κ3) is 3.68. The second-order valence-corrected chi connectivity index (χ2v) is 6.66. The summed E-state index contributed by atoms with van der Waals surface area (Å²) in [5.41, 5.74) is 5.43. The fourth-order valence-electron chi connectivity index (χ4n) is 1.31. The first kappa shape index (κ1) is 15.4. The minimum atomic E-state index is -3.85. The predicted molar refractivity (Wildman–Crippen MR) is 75.7 cm³/mol. The zero-order chi connectivity index (χ0) is 13.8. The molecule has 1 rings (SSSR count). The molecular formula is C10H15ClN2O3S2. The number of phenolic OH excluding ortho intramolecular Hbond substituents is 1. The molecule has 0 aliphatic rings. The standard InChI is InChI=1S/C10H15ClN2O3S2/c1-17-6-2-5-13-18(15,16)10-7(11)3-4-8(12)9(10)14/h3-4,13-14H,2,5-6,12H2,1H3. The zero-order valence-corrected chi connectivity index (χ0v) is 12.2. The van der Waals surface area contributed by atoms with Crippen LogP contribution in [-0.2, 0) is 10.0 Å². The lowest BCUT2D eigenvalue weighted by Crippen LogP contribution is -2.25. The molecule has 0 unspecified atom stereocenters. The van der Waals surface area contributed by atoms with E-state index in [1.54, 1.807) is 11.8 Å². The van der Waals surface area contributed by atoms with Crippen molar-refractivity contribution in [1.29, 1.82) is 0 Å². The maximum absolute atomic E-state index is 12.0. The average Bonchev–Trinajstić information content (AvgIpc) is 2.30. The Morgan fingerprint density at radius 1 is 1.50 bits per heavy atom. The minimum Gasteiger partial charge on any atom is -0.504 e. The highest BCUT2D eigenvalue weighted by molar-refractivity contribution is 7.98. The molecule has 0 heterocycles. The van der Waals surface area contributed by atoms with Gasteiger partial charge in [0.15, 0.2) is 5.75 Å². The smallest absolute Gasteiger partial charge is 0.245 e. The summed E-state index contributed by atoms with van der Waals surface area (Å²) < 4.78 is 26.3. The first-order chi connectivity index (χ1) is 8.40. The zero-order valence-electron chi connectivity index (χ0n) is 9.81. The minimum absolute atomic E-state index is 0.0242. The van der Waals surface area contributed by atoms with Crippen LogP contribution < -0.4 is 10.5 Å². The van der Waals surface area contributed by atoms with E-state index in [9.17, 15) is 13.5 Å². The summed E-state index contributed by atoms with van der Waals surface area (Å²) in [7, 11) is -3.85. The number of hydrogen-bond donors (Lipinski definition) is 3. The molecule has 8 heteroatoms. The number of sulfonamides is 1. The molecule has 1 aromatic rings. The average molecular weight is 311 g/mol. The largest absolute Gasteiger partial charge is 0.504 e. The Kier molecular flexibility index (Phi) is 5.58. The molecule has 0 bridgehead atoms. The van der Waals surface area contributed by atoms with Gasteiger partial charge >= 0.3 is 0 Å². The molecule has 0 aliphatic carbocycles. The van der Waals surface area contributed by atoms with Gasteiger partial charge in [-0.15, -0.1) is 0 Å². The van der Waals surface area contributed by atoms with Crippen molar-refractivity contribution < 1.29 is 13.5 Å². The first-order valence-electron chi connectivity index (χ1n) is 5.15. The van der Waals surface area contributed by atoms with Crippen LogP contribution in [-0.4, -0.2) is 32.1 Å². The van der Waals surface area contributed by atoms with E-state index in [0.717, 1.165) is 5.75 Å². The summed E-state index contributed by atoms with van der Waals surface area (Å²) in [6.45, 7) is 0.285. The second kappa shape index (κ2) is 6.51. The van der Waals surface area contributed by atoms with Gasteiger partial charge in [0.05, 0.1) is 10.7 Å². The summed E-state index contributed by atoms with van der Waals surface area (Å²) in [6, 6.07) is 2.69. The Balaban J connectivity index is 2.95. The Morgan fingerprint density at radius 2 is 2.17 bits per heavy atom. The van der Waals surface area contributed by atoms with Crippen molar-refractivity contribution in [2.45, 2.75) is 11.3 Å². The molecule has 0 amide bonds. The lowest BCUT2D eigenvalue weighted by atomic mass is 10.3. The molecular weight excluding hydrogens is 296 g/mol. The fourth-order valence-corrected chi connectivity index (χ4v) is 3.46. The monoisotopic (exact) mass is 310 g/mol. The van der Waals surface area contributed by atoms with Gasteiger partial charge in [-0.1, -0.05) is 11.6 Å². The molecule has 5 nitrogen and oxygen atoms in total. The van der Waals surface area contributed by atoms with Crippen LogP contribution in [0.25, 0.3) is 0 Å².